The van der Waals surface area contributed by atoms with Gasteiger partial charge in [0.05, 0.1) is 5.75 Å². The Morgan fingerprint density at radius 3 is 2.85 bits per heavy atom. The molecule has 1 aliphatic rings. The molecule has 3 rings (SSSR count). The fraction of sp³-hybridized carbons (Fsp3) is 0.500. The number of hydrogen-bond acceptors (Lipinski definition) is 6. The lowest BCUT2D eigenvalue weighted by molar-refractivity contribution is -0.119. The molecule has 140 valence electrons. The van der Waals surface area contributed by atoms with Gasteiger partial charge < -0.3 is 14.5 Å². The van der Waals surface area contributed by atoms with E-state index in [1.165, 1.54) is 31.0 Å². The topological polar surface area (TPSA) is 77.2 Å². The summed E-state index contributed by atoms with van der Waals surface area (Å²) < 4.78 is 11.1. The highest BCUT2D eigenvalue weighted by Gasteiger charge is 2.23. The molecular weight excluding hydrogens is 374 g/mol. The third-order valence-electron chi connectivity index (χ3n) is 4.41. The normalized spacial score (nSPS) is 19.9. The summed E-state index contributed by atoms with van der Waals surface area (Å²) in [6.45, 7) is 2.36. The van der Waals surface area contributed by atoms with Crippen LogP contribution in [-0.4, -0.2) is 27.9 Å². The maximum absolute atomic E-state index is 12.1. The second-order valence-corrected chi connectivity index (χ2v) is 7.79. The minimum atomic E-state index is 0.00548. The Balaban J connectivity index is 1.41. The smallest absolute Gasteiger partial charge is 0.277 e. The van der Waals surface area contributed by atoms with Gasteiger partial charge in [0.1, 0.15) is 5.75 Å². The third kappa shape index (κ3) is 5.64. The van der Waals surface area contributed by atoms with Crippen LogP contribution in [0.5, 0.6) is 5.75 Å². The first-order chi connectivity index (χ1) is 12.6. The molecule has 0 aliphatic heterocycles. The summed E-state index contributed by atoms with van der Waals surface area (Å²) in [5.74, 6) is 1.85. The highest BCUT2D eigenvalue weighted by atomic mass is 35.5. The number of benzene rings is 1. The maximum atomic E-state index is 12.1. The van der Waals surface area contributed by atoms with E-state index in [0.29, 0.717) is 27.8 Å². The van der Waals surface area contributed by atoms with Gasteiger partial charge in [-0.25, -0.2) is 0 Å². The molecule has 1 N–H and O–H groups in total. The van der Waals surface area contributed by atoms with Gasteiger partial charge in [-0.05, 0) is 43.0 Å². The Bertz CT molecular complexity index is 723. The van der Waals surface area contributed by atoms with Crippen LogP contribution in [0.3, 0.4) is 0 Å². The van der Waals surface area contributed by atoms with Gasteiger partial charge in [0.25, 0.3) is 11.1 Å². The number of carbonyl (C=O) groups excluding carboxylic acids is 1. The minimum absolute atomic E-state index is 0.00548. The number of hydrogen-bond donors (Lipinski definition) is 1. The van der Waals surface area contributed by atoms with E-state index in [2.05, 4.69) is 22.4 Å². The van der Waals surface area contributed by atoms with Crippen LogP contribution in [0.4, 0.5) is 0 Å². The molecule has 1 saturated carbocycles. The van der Waals surface area contributed by atoms with Gasteiger partial charge in [0.15, 0.2) is 6.61 Å². The SMILES string of the molecule is C[C@H]1CCCC[C@@H]1NC(=O)CSc1nnc(COc2ccc(Cl)cc2)o1. The number of rotatable bonds is 7. The lowest BCUT2D eigenvalue weighted by atomic mass is 9.86. The fourth-order valence-corrected chi connectivity index (χ4v) is 3.65. The summed E-state index contributed by atoms with van der Waals surface area (Å²) in [6, 6.07) is 7.31. The summed E-state index contributed by atoms with van der Waals surface area (Å²) in [4.78, 5) is 12.1. The van der Waals surface area contributed by atoms with Crippen molar-refractivity contribution in [2.75, 3.05) is 5.75 Å². The lowest BCUT2D eigenvalue weighted by Gasteiger charge is -2.29. The maximum Gasteiger partial charge on any atom is 0.277 e. The second-order valence-electron chi connectivity index (χ2n) is 6.43. The van der Waals surface area contributed by atoms with Gasteiger partial charge in [-0.3, -0.25) is 4.79 Å². The van der Waals surface area contributed by atoms with Crippen LogP contribution in [-0.2, 0) is 11.4 Å². The van der Waals surface area contributed by atoms with Gasteiger partial charge in [0, 0.05) is 11.1 Å². The highest BCUT2D eigenvalue weighted by molar-refractivity contribution is 7.99. The first kappa shape index (κ1) is 19.0. The molecule has 1 amide bonds. The number of amides is 1. The minimum Gasteiger partial charge on any atom is -0.484 e. The van der Waals surface area contributed by atoms with Gasteiger partial charge in [-0.1, -0.05) is 43.1 Å². The van der Waals surface area contributed by atoms with Gasteiger partial charge >= 0.3 is 0 Å². The molecule has 26 heavy (non-hydrogen) atoms. The first-order valence-corrected chi connectivity index (χ1v) is 10.1. The Hall–Kier alpha value is -1.73. The molecule has 1 aromatic heterocycles. The quantitative estimate of drug-likeness (QED) is 0.711. The van der Waals surface area contributed by atoms with Crippen LogP contribution < -0.4 is 10.1 Å². The third-order valence-corrected chi connectivity index (χ3v) is 5.48. The average Bonchev–Trinajstić information content (AvgIpc) is 3.09. The van der Waals surface area contributed by atoms with E-state index in [1.54, 1.807) is 24.3 Å². The number of halogens is 1. The van der Waals surface area contributed by atoms with Gasteiger partial charge in [-0.2, -0.15) is 0 Å². The molecule has 2 aromatic rings. The predicted molar refractivity (Wildman–Crippen MR) is 100 cm³/mol. The molecule has 6 nitrogen and oxygen atoms in total. The van der Waals surface area contributed by atoms with Crippen LogP contribution in [0.15, 0.2) is 33.9 Å². The van der Waals surface area contributed by atoms with E-state index in [9.17, 15) is 4.79 Å². The number of carbonyl (C=O) groups is 1. The van der Waals surface area contributed by atoms with Crippen molar-refractivity contribution in [3.63, 3.8) is 0 Å². The number of ether oxygens (including phenoxy) is 1. The van der Waals surface area contributed by atoms with Crippen molar-refractivity contribution in [2.24, 2.45) is 5.92 Å². The van der Waals surface area contributed by atoms with Gasteiger partial charge in [-0.15, -0.1) is 10.2 Å². The summed E-state index contributed by atoms with van der Waals surface area (Å²) in [5.41, 5.74) is 0. The zero-order chi connectivity index (χ0) is 18.4. The number of thioether (sulfide) groups is 1. The largest absolute Gasteiger partial charge is 0.484 e. The summed E-state index contributed by atoms with van der Waals surface area (Å²) >= 11 is 7.07. The van der Waals surface area contributed by atoms with E-state index < -0.39 is 0 Å². The van der Waals surface area contributed by atoms with E-state index in [1.807, 2.05) is 0 Å². The van der Waals surface area contributed by atoms with Crippen LogP contribution in [0, 0.1) is 5.92 Å². The molecule has 0 saturated heterocycles. The molecule has 1 aromatic carbocycles. The fourth-order valence-electron chi connectivity index (χ4n) is 2.94. The molecular formula is C18H22ClN3O3S. The first-order valence-electron chi connectivity index (χ1n) is 8.73. The molecule has 0 spiro atoms. The summed E-state index contributed by atoms with van der Waals surface area (Å²) in [5, 5.41) is 12.0. The van der Waals surface area contributed by atoms with Crippen molar-refractivity contribution in [1.29, 1.82) is 0 Å². The molecule has 1 aliphatic carbocycles. The highest BCUT2D eigenvalue weighted by Crippen LogP contribution is 2.24. The zero-order valence-corrected chi connectivity index (χ0v) is 16.2. The zero-order valence-electron chi connectivity index (χ0n) is 14.6. The standard InChI is InChI=1S/C18H22ClN3O3S/c1-12-4-2-3-5-15(12)20-16(23)11-26-18-22-21-17(25-18)10-24-14-8-6-13(19)7-9-14/h6-9,12,15H,2-5,10-11H2,1H3,(H,20,23)/t12-,15-/m0/s1. The van der Waals surface area contributed by atoms with Crippen molar-refractivity contribution in [3.05, 3.63) is 35.2 Å². The Kier molecular flexibility index (Phi) is 6.80. The van der Waals surface area contributed by atoms with E-state index in [0.717, 1.165) is 6.42 Å². The van der Waals surface area contributed by atoms with Crippen LogP contribution in [0.1, 0.15) is 38.5 Å². The van der Waals surface area contributed by atoms with Gasteiger partial charge in [0.2, 0.25) is 5.91 Å². The monoisotopic (exact) mass is 395 g/mol. The molecule has 0 unspecified atom stereocenters. The molecule has 0 bridgehead atoms. The Labute approximate surface area is 162 Å². The predicted octanol–water partition coefficient (Wildman–Crippen LogP) is 4.09. The Morgan fingerprint density at radius 1 is 1.31 bits per heavy atom. The Morgan fingerprint density at radius 2 is 2.08 bits per heavy atom. The molecule has 1 heterocycles. The lowest BCUT2D eigenvalue weighted by Crippen LogP contribution is -2.41. The van der Waals surface area contributed by atoms with Crippen molar-refractivity contribution >= 4 is 29.3 Å². The second kappa shape index (κ2) is 9.28. The number of aromatic nitrogens is 2. The van der Waals surface area contributed by atoms with E-state index in [4.69, 9.17) is 20.8 Å². The van der Waals surface area contributed by atoms with Crippen LogP contribution in [0.25, 0.3) is 0 Å². The van der Waals surface area contributed by atoms with E-state index in [-0.39, 0.29) is 24.3 Å². The summed E-state index contributed by atoms with van der Waals surface area (Å²) in [6.07, 6.45) is 4.68. The van der Waals surface area contributed by atoms with Crippen molar-refractivity contribution in [1.82, 2.24) is 15.5 Å². The van der Waals surface area contributed by atoms with Crippen molar-refractivity contribution in [3.8, 4) is 5.75 Å². The van der Waals surface area contributed by atoms with Crippen LogP contribution >= 0.6 is 23.4 Å². The van der Waals surface area contributed by atoms with Crippen LogP contribution in [0.2, 0.25) is 5.02 Å². The number of nitrogens with zero attached hydrogens (tertiary/aromatic N) is 2. The molecule has 2 atom stereocenters. The molecule has 0 radical (unpaired) electrons. The number of nitrogens with one attached hydrogen (secondary N) is 1. The average molecular weight is 396 g/mol. The van der Waals surface area contributed by atoms with E-state index >= 15 is 0 Å². The molecule has 8 heteroatoms. The van der Waals surface area contributed by atoms with Crippen molar-refractivity contribution < 1.29 is 13.9 Å². The molecule has 1 fully saturated rings. The van der Waals surface area contributed by atoms with Crippen molar-refractivity contribution in [2.45, 2.75) is 50.5 Å². The summed E-state index contributed by atoms with van der Waals surface area (Å²) in [7, 11) is 0.